The van der Waals surface area contributed by atoms with E-state index in [1.165, 1.54) is 12.1 Å². The number of rotatable bonds is 6. The van der Waals surface area contributed by atoms with Gasteiger partial charge in [-0.2, -0.15) is 0 Å². The van der Waals surface area contributed by atoms with Crippen LogP contribution in [0.5, 0.6) is 0 Å². The van der Waals surface area contributed by atoms with Crippen LogP contribution in [0.3, 0.4) is 0 Å². The second kappa shape index (κ2) is 8.44. The van der Waals surface area contributed by atoms with Crippen molar-refractivity contribution in [2.45, 2.75) is 38.5 Å². The molecule has 0 aliphatic carbocycles. The zero-order valence-corrected chi connectivity index (χ0v) is 17.4. The lowest BCUT2D eigenvalue weighted by atomic mass is 9.89. The van der Waals surface area contributed by atoms with Gasteiger partial charge in [-0.15, -0.1) is 0 Å². The second-order valence-corrected chi connectivity index (χ2v) is 9.23. The van der Waals surface area contributed by atoms with Gasteiger partial charge < -0.3 is 4.90 Å². The van der Waals surface area contributed by atoms with Gasteiger partial charge in [-0.3, -0.25) is 9.59 Å². The van der Waals surface area contributed by atoms with Crippen LogP contribution in [0.2, 0.25) is 5.02 Å². The summed E-state index contributed by atoms with van der Waals surface area (Å²) in [6.07, 6.45) is 1.40. The van der Waals surface area contributed by atoms with Gasteiger partial charge in [-0.25, -0.2) is 13.1 Å². The molecule has 8 heteroatoms. The van der Waals surface area contributed by atoms with Crippen LogP contribution in [0, 0.1) is 11.8 Å². The Bertz CT molecular complexity index is 856. The topological polar surface area (TPSA) is 83.6 Å². The smallest absolute Gasteiger partial charge is 0.264 e. The summed E-state index contributed by atoms with van der Waals surface area (Å²) in [5.41, 5.74) is 1.29. The fourth-order valence-electron chi connectivity index (χ4n) is 2.95. The van der Waals surface area contributed by atoms with E-state index in [4.69, 9.17) is 11.6 Å². The molecule has 27 heavy (non-hydrogen) atoms. The normalized spacial score (nSPS) is 15.7. The highest BCUT2D eigenvalue weighted by Crippen LogP contribution is 2.32. The molecule has 0 bridgehead atoms. The standard InChI is InChI=1S/C19H25ClN2O4S/c1-12(2)18(23)14-7-9-22(10-8-14)17-6-5-15(11-16(17)20)27(25,26)21-19(24)13(3)4/h5-6,11,13-14H,1,7-10H2,2-4H3,(H,21,24). The molecule has 1 fully saturated rings. The number of halogens is 1. The van der Waals surface area contributed by atoms with Gasteiger partial charge in [0.25, 0.3) is 10.0 Å². The number of nitrogens with zero attached hydrogens (tertiary/aromatic N) is 1. The third kappa shape index (κ3) is 5.11. The Kier molecular flexibility index (Phi) is 6.70. The Morgan fingerprint density at radius 2 is 1.85 bits per heavy atom. The molecule has 0 spiro atoms. The summed E-state index contributed by atoms with van der Waals surface area (Å²) in [4.78, 5) is 25.7. The molecule has 148 valence electrons. The van der Waals surface area contributed by atoms with Crippen molar-refractivity contribution in [2.24, 2.45) is 11.8 Å². The zero-order chi connectivity index (χ0) is 20.4. The van der Waals surface area contributed by atoms with Crippen molar-refractivity contribution in [3.8, 4) is 0 Å². The first-order chi connectivity index (χ1) is 12.5. The number of hydrogen-bond acceptors (Lipinski definition) is 5. The molecule has 0 unspecified atom stereocenters. The maximum absolute atomic E-state index is 12.3. The predicted octanol–water partition coefficient (Wildman–Crippen LogP) is 3.16. The van der Waals surface area contributed by atoms with Gasteiger partial charge in [0, 0.05) is 24.9 Å². The van der Waals surface area contributed by atoms with Crippen LogP contribution in [0.4, 0.5) is 5.69 Å². The molecule has 1 saturated heterocycles. The maximum atomic E-state index is 12.3. The first kappa shape index (κ1) is 21.4. The average Bonchev–Trinajstić information content (AvgIpc) is 2.60. The zero-order valence-electron chi connectivity index (χ0n) is 15.8. The lowest BCUT2D eigenvalue weighted by molar-refractivity contribution is -0.122. The van der Waals surface area contributed by atoms with E-state index in [9.17, 15) is 18.0 Å². The number of anilines is 1. The van der Waals surface area contributed by atoms with E-state index >= 15 is 0 Å². The molecule has 0 radical (unpaired) electrons. The summed E-state index contributed by atoms with van der Waals surface area (Å²) in [6, 6.07) is 4.41. The summed E-state index contributed by atoms with van der Waals surface area (Å²) < 4.78 is 26.7. The number of allylic oxidation sites excluding steroid dienone is 1. The van der Waals surface area contributed by atoms with Crippen molar-refractivity contribution in [3.63, 3.8) is 0 Å². The number of ketones is 1. The fourth-order valence-corrected chi connectivity index (χ4v) is 4.45. The van der Waals surface area contributed by atoms with Gasteiger partial charge in [0.2, 0.25) is 5.91 Å². The molecule has 1 aliphatic heterocycles. The molecule has 1 heterocycles. The lowest BCUT2D eigenvalue weighted by Gasteiger charge is -2.33. The van der Waals surface area contributed by atoms with Crippen molar-refractivity contribution in [2.75, 3.05) is 18.0 Å². The molecule has 1 aliphatic rings. The third-order valence-electron chi connectivity index (χ3n) is 4.62. The summed E-state index contributed by atoms with van der Waals surface area (Å²) >= 11 is 6.32. The number of sulfonamides is 1. The predicted molar refractivity (Wildman–Crippen MR) is 106 cm³/mol. The van der Waals surface area contributed by atoms with Crippen molar-refractivity contribution in [3.05, 3.63) is 35.4 Å². The second-order valence-electron chi connectivity index (χ2n) is 7.14. The van der Waals surface area contributed by atoms with Gasteiger partial charge >= 0.3 is 0 Å². The number of benzene rings is 1. The van der Waals surface area contributed by atoms with Crippen molar-refractivity contribution in [1.29, 1.82) is 0 Å². The number of carbonyl (C=O) groups excluding carboxylic acids is 2. The van der Waals surface area contributed by atoms with Crippen LogP contribution >= 0.6 is 11.6 Å². The number of carbonyl (C=O) groups is 2. The van der Waals surface area contributed by atoms with E-state index < -0.39 is 21.8 Å². The molecule has 1 N–H and O–H groups in total. The molecule has 1 aromatic carbocycles. The van der Waals surface area contributed by atoms with Gasteiger partial charge in [0.05, 0.1) is 15.6 Å². The van der Waals surface area contributed by atoms with Crippen LogP contribution in [-0.2, 0) is 19.6 Å². The maximum Gasteiger partial charge on any atom is 0.264 e. The minimum absolute atomic E-state index is 0.0246. The minimum atomic E-state index is -3.96. The molecule has 0 saturated carbocycles. The fraction of sp³-hybridized carbons (Fsp3) is 0.474. The molecule has 1 amide bonds. The van der Waals surface area contributed by atoms with E-state index in [0.29, 0.717) is 42.2 Å². The minimum Gasteiger partial charge on any atom is -0.370 e. The molecule has 1 aromatic rings. The Labute approximate surface area is 165 Å². The van der Waals surface area contributed by atoms with Crippen molar-refractivity contribution < 1.29 is 18.0 Å². The Morgan fingerprint density at radius 1 is 1.26 bits per heavy atom. The lowest BCUT2D eigenvalue weighted by Crippen LogP contribution is -2.37. The van der Waals surface area contributed by atoms with Crippen LogP contribution in [0.1, 0.15) is 33.6 Å². The number of nitrogens with one attached hydrogen (secondary N) is 1. The quantitative estimate of drug-likeness (QED) is 0.725. The molecule has 2 rings (SSSR count). The highest BCUT2D eigenvalue weighted by Gasteiger charge is 2.27. The highest BCUT2D eigenvalue weighted by atomic mass is 35.5. The monoisotopic (exact) mass is 412 g/mol. The van der Waals surface area contributed by atoms with E-state index in [0.717, 1.165) is 0 Å². The van der Waals surface area contributed by atoms with Gasteiger partial charge in [0.15, 0.2) is 5.78 Å². The van der Waals surface area contributed by atoms with Crippen molar-refractivity contribution in [1.82, 2.24) is 4.72 Å². The van der Waals surface area contributed by atoms with Crippen LogP contribution in [-0.4, -0.2) is 33.2 Å². The Balaban J connectivity index is 2.13. The molecule has 0 atom stereocenters. The van der Waals surface area contributed by atoms with E-state index in [2.05, 4.69) is 6.58 Å². The van der Waals surface area contributed by atoms with E-state index in [1.807, 2.05) is 9.62 Å². The highest BCUT2D eigenvalue weighted by molar-refractivity contribution is 7.90. The number of hydrogen-bond donors (Lipinski definition) is 1. The first-order valence-corrected chi connectivity index (χ1v) is 10.7. The van der Waals surface area contributed by atoms with E-state index in [-0.39, 0.29) is 16.6 Å². The van der Waals surface area contributed by atoms with E-state index in [1.54, 1.807) is 26.8 Å². The van der Waals surface area contributed by atoms with Gasteiger partial charge in [-0.05, 0) is 43.5 Å². The van der Waals surface area contributed by atoms with Crippen LogP contribution in [0.15, 0.2) is 35.2 Å². The molecule has 6 nitrogen and oxygen atoms in total. The average molecular weight is 413 g/mol. The summed E-state index contributed by atoms with van der Waals surface area (Å²) in [5.74, 6) is -0.941. The van der Waals surface area contributed by atoms with Crippen molar-refractivity contribution >= 4 is 39.0 Å². The first-order valence-electron chi connectivity index (χ1n) is 8.84. The number of Topliss-reactive ketones (excluding diaryl/α,β-unsaturated/α-hetero) is 1. The van der Waals surface area contributed by atoms with Gasteiger partial charge in [-0.1, -0.05) is 32.0 Å². The Morgan fingerprint density at radius 3 is 2.33 bits per heavy atom. The van der Waals surface area contributed by atoms with Gasteiger partial charge in [0.1, 0.15) is 0 Å². The van der Waals surface area contributed by atoms with Crippen LogP contribution < -0.4 is 9.62 Å². The summed E-state index contributed by atoms with van der Waals surface area (Å²) in [7, 11) is -3.96. The summed E-state index contributed by atoms with van der Waals surface area (Å²) in [5, 5.41) is 0.291. The molecule has 0 aromatic heterocycles. The summed E-state index contributed by atoms with van der Waals surface area (Å²) in [6.45, 7) is 9.97. The largest absolute Gasteiger partial charge is 0.370 e. The number of amides is 1. The molecular formula is C19H25ClN2O4S. The number of piperidine rings is 1. The molecular weight excluding hydrogens is 388 g/mol. The SMILES string of the molecule is C=C(C)C(=O)C1CCN(c2ccc(S(=O)(=O)NC(=O)C(C)C)cc2Cl)CC1. The third-order valence-corrected chi connectivity index (χ3v) is 6.26. The Hall–Kier alpha value is -1.86. The van der Waals surface area contributed by atoms with Crippen LogP contribution in [0.25, 0.3) is 0 Å².